The summed E-state index contributed by atoms with van der Waals surface area (Å²) in [5, 5.41) is 13.6. The molecule has 23 heavy (non-hydrogen) atoms. The minimum absolute atomic E-state index is 0.230. The van der Waals surface area contributed by atoms with Gasteiger partial charge in [-0.05, 0) is 31.5 Å². The number of imide groups is 1. The minimum Gasteiger partial charge on any atom is -0.480 e. The highest BCUT2D eigenvalue weighted by Gasteiger charge is 2.43. The molecule has 2 rings (SSSR count). The first-order valence-corrected chi connectivity index (χ1v) is 6.91. The van der Waals surface area contributed by atoms with Crippen molar-refractivity contribution in [3.05, 3.63) is 35.4 Å². The second kappa shape index (κ2) is 5.71. The first-order valence-electron chi connectivity index (χ1n) is 6.91. The molecule has 8 nitrogen and oxygen atoms in total. The first kappa shape index (κ1) is 16.5. The molecule has 0 aliphatic carbocycles. The molecule has 1 aromatic rings. The Bertz CT molecular complexity index is 702. The Morgan fingerprint density at radius 3 is 2.48 bits per heavy atom. The molecule has 122 valence electrons. The third-order valence-corrected chi connectivity index (χ3v) is 3.99. The average molecular weight is 319 g/mol. The second-order valence-corrected chi connectivity index (χ2v) is 5.54. The predicted octanol–water partition coefficient (Wildman–Crippen LogP) is 0.286. The summed E-state index contributed by atoms with van der Waals surface area (Å²) in [6.45, 7) is 2.93. The van der Waals surface area contributed by atoms with E-state index in [-0.39, 0.29) is 5.56 Å². The number of nitrogens with zero attached hydrogens (tertiary/aromatic N) is 1. The summed E-state index contributed by atoms with van der Waals surface area (Å²) in [7, 11) is 1.39. The SMILES string of the molecule is CC(C(=O)O)N(C)C(=O)c1cccc(C2(C)NC(=O)NC2=O)c1. The van der Waals surface area contributed by atoms with Gasteiger partial charge in [0.2, 0.25) is 0 Å². The van der Waals surface area contributed by atoms with Gasteiger partial charge in [0.1, 0.15) is 11.6 Å². The number of carbonyl (C=O) groups is 4. The Kier molecular flexibility index (Phi) is 4.09. The van der Waals surface area contributed by atoms with Crippen molar-refractivity contribution >= 4 is 23.8 Å². The monoisotopic (exact) mass is 319 g/mol. The van der Waals surface area contributed by atoms with Gasteiger partial charge in [-0.3, -0.25) is 14.9 Å². The van der Waals surface area contributed by atoms with Crippen molar-refractivity contribution in [1.82, 2.24) is 15.5 Å². The molecule has 0 radical (unpaired) electrons. The van der Waals surface area contributed by atoms with Gasteiger partial charge in [-0.1, -0.05) is 12.1 Å². The first-order chi connectivity index (χ1) is 10.7. The van der Waals surface area contributed by atoms with Crippen molar-refractivity contribution in [2.75, 3.05) is 7.05 Å². The Morgan fingerprint density at radius 2 is 1.96 bits per heavy atom. The number of benzene rings is 1. The van der Waals surface area contributed by atoms with Crippen LogP contribution in [0.3, 0.4) is 0 Å². The van der Waals surface area contributed by atoms with Crippen LogP contribution in [0.15, 0.2) is 24.3 Å². The van der Waals surface area contributed by atoms with E-state index in [0.29, 0.717) is 5.56 Å². The number of carboxylic acid groups (broad SMARTS) is 1. The highest BCUT2D eigenvalue weighted by atomic mass is 16.4. The van der Waals surface area contributed by atoms with Gasteiger partial charge in [0.25, 0.3) is 11.8 Å². The van der Waals surface area contributed by atoms with Gasteiger partial charge in [-0.2, -0.15) is 0 Å². The summed E-state index contributed by atoms with van der Waals surface area (Å²) in [4.78, 5) is 47.8. The highest BCUT2D eigenvalue weighted by Crippen LogP contribution is 2.25. The fraction of sp³-hybridized carbons (Fsp3) is 0.333. The van der Waals surface area contributed by atoms with Crippen LogP contribution >= 0.6 is 0 Å². The van der Waals surface area contributed by atoms with Crippen LogP contribution in [0.5, 0.6) is 0 Å². The smallest absolute Gasteiger partial charge is 0.326 e. The van der Waals surface area contributed by atoms with Gasteiger partial charge in [0.05, 0.1) is 0 Å². The van der Waals surface area contributed by atoms with E-state index in [0.717, 1.165) is 4.90 Å². The van der Waals surface area contributed by atoms with Crippen LogP contribution < -0.4 is 10.6 Å². The molecule has 1 saturated heterocycles. The number of nitrogens with one attached hydrogen (secondary N) is 2. The maximum atomic E-state index is 12.4. The van der Waals surface area contributed by atoms with Crippen LogP contribution in [0, 0.1) is 0 Å². The molecule has 1 heterocycles. The molecule has 3 N–H and O–H groups in total. The van der Waals surface area contributed by atoms with Crippen molar-refractivity contribution in [1.29, 1.82) is 0 Å². The number of likely N-dealkylation sites (N-methyl/N-ethyl adjacent to an activating group) is 1. The van der Waals surface area contributed by atoms with Gasteiger partial charge < -0.3 is 15.3 Å². The normalized spacial score (nSPS) is 21.3. The summed E-state index contributed by atoms with van der Waals surface area (Å²) in [6.07, 6.45) is 0. The van der Waals surface area contributed by atoms with E-state index < -0.39 is 35.4 Å². The van der Waals surface area contributed by atoms with Gasteiger partial charge in [-0.15, -0.1) is 0 Å². The number of amides is 4. The Balaban J connectivity index is 2.34. The van der Waals surface area contributed by atoms with Crippen LogP contribution in [-0.4, -0.2) is 46.9 Å². The summed E-state index contributed by atoms with van der Waals surface area (Å²) in [6, 6.07) is 4.59. The number of carboxylic acids is 1. The van der Waals surface area contributed by atoms with Crippen LogP contribution in [-0.2, 0) is 15.1 Å². The summed E-state index contributed by atoms with van der Waals surface area (Å²) >= 11 is 0. The number of aliphatic carboxylic acids is 1. The molecule has 2 unspecified atom stereocenters. The molecule has 8 heteroatoms. The van der Waals surface area contributed by atoms with E-state index in [9.17, 15) is 19.2 Å². The van der Waals surface area contributed by atoms with E-state index in [2.05, 4.69) is 10.6 Å². The fourth-order valence-corrected chi connectivity index (χ4v) is 2.25. The maximum absolute atomic E-state index is 12.4. The van der Waals surface area contributed by atoms with Crippen molar-refractivity contribution < 1.29 is 24.3 Å². The molecule has 4 amide bonds. The Hall–Kier alpha value is -2.90. The summed E-state index contributed by atoms with van der Waals surface area (Å²) < 4.78 is 0. The van der Waals surface area contributed by atoms with Crippen molar-refractivity contribution in [2.24, 2.45) is 0 Å². The zero-order valence-electron chi connectivity index (χ0n) is 12.9. The molecule has 1 aliphatic heterocycles. The van der Waals surface area contributed by atoms with Crippen LogP contribution in [0.4, 0.5) is 4.79 Å². The molecule has 0 bridgehead atoms. The predicted molar refractivity (Wildman–Crippen MR) is 79.7 cm³/mol. The largest absolute Gasteiger partial charge is 0.480 e. The lowest BCUT2D eigenvalue weighted by molar-refractivity contribution is -0.141. The lowest BCUT2D eigenvalue weighted by atomic mass is 9.91. The molecule has 1 fully saturated rings. The zero-order valence-corrected chi connectivity index (χ0v) is 12.9. The van der Waals surface area contributed by atoms with Gasteiger partial charge in [-0.25, -0.2) is 9.59 Å². The summed E-state index contributed by atoms with van der Waals surface area (Å²) in [5.41, 5.74) is -0.610. The van der Waals surface area contributed by atoms with E-state index in [1.165, 1.54) is 33.0 Å². The fourth-order valence-electron chi connectivity index (χ4n) is 2.25. The summed E-state index contributed by atoms with van der Waals surface area (Å²) in [5.74, 6) is -2.12. The van der Waals surface area contributed by atoms with Crippen molar-refractivity contribution in [3.63, 3.8) is 0 Å². The van der Waals surface area contributed by atoms with Crippen molar-refractivity contribution in [2.45, 2.75) is 25.4 Å². The number of hydrogen-bond donors (Lipinski definition) is 3. The Morgan fingerprint density at radius 1 is 1.30 bits per heavy atom. The third kappa shape index (κ3) is 2.87. The molecular weight excluding hydrogens is 302 g/mol. The van der Waals surface area contributed by atoms with E-state index in [1.54, 1.807) is 12.1 Å². The van der Waals surface area contributed by atoms with Crippen molar-refractivity contribution in [3.8, 4) is 0 Å². The molecule has 2 atom stereocenters. The molecule has 0 spiro atoms. The van der Waals surface area contributed by atoms with E-state index in [4.69, 9.17) is 5.11 Å². The maximum Gasteiger partial charge on any atom is 0.326 e. The topological polar surface area (TPSA) is 116 Å². The second-order valence-electron chi connectivity index (χ2n) is 5.54. The number of urea groups is 1. The minimum atomic E-state index is -1.27. The lowest BCUT2D eigenvalue weighted by Crippen LogP contribution is -2.42. The number of rotatable bonds is 4. The quantitative estimate of drug-likeness (QED) is 0.690. The van der Waals surface area contributed by atoms with Gasteiger partial charge in [0.15, 0.2) is 0 Å². The van der Waals surface area contributed by atoms with E-state index in [1.807, 2.05) is 0 Å². The van der Waals surface area contributed by atoms with Gasteiger partial charge >= 0.3 is 12.0 Å². The molecule has 0 aromatic heterocycles. The third-order valence-electron chi connectivity index (χ3n) is 3.99. The number of hydrogen-bond acceptors (Lipinski definition) is 4. The van der Waals surface area contributed by atoms with Crippen LogP contribution in [0.2, 0.25) is 0 Å². The molecule has 1 aromatic carbocycles. The van der Waals surface area contributed by atoms with Crippen LogP contribution in [0.25, 0.3) is 0 Å². The molecular formula is C15H17N3O5. The zero-order chi connectivity index (χ0) is 17.4. The highest BCUT2D eigenvalue weighted by molar-refractivity contribution is 6.07. The Labute approximate surface area is 132 Å². The lowest BCUT2D eigenvalue weighted by Gasteiger charge is -2.24. The standard InChI is InChI=1S/C15H17N3O5/c1-8(12(20)21)18(3)11(19)9-5-4-6-10(7-9)15(2)13(22)16-14(23)17-15/h4-8H,1-3H3,(H,20,21)(H2,16,17,22,23). The number of carbonyl (C=O) groups excluding carboxylic acids is 3. The molecule has 0 saturated carbocycles. The average Bonchev–Trinajstić information content (AvgIpc) is 2.78. The van der Waals surface area contributed by atoms with Gasteiger partial charge in [0, 0.05) is 12.6 Å². The molecule has 1 aliphatic rings. The van der Waals surface area contributed by atoms with Crippen LogP contribution in [0.1, 0.15) is 29.8 Å². The van der Waals surface area contributed by atoms with E-state index >= 15 is 0 Å².